The molecular formula is C25H21ClF3N5O. The first-order valence-electron chi connectivity index (χ1n) is 10.6. The molecule has 0 fully saturated rings. The number of nitrogens with one attached hydrogen (secondary N) is 2. The molecular weight excluding hydrogens is 479 g/mol. The lowest BCUT2D eigenvalue weighted by Crippen LogP contribution is -2.24. The molecule has 2 N–H and O–H groups in total. The third-order valence-electron chi connectivity index (χ3n) is 5.49. The first kappa shape index (κ1) is 24.3. The van der Waals surface area contributed by atoms with Crippen LogP contribution in [0.3, 0.4) is 0 Å². The molecule has 0 saturated heterocycles. The lowest BCUT2D eigenvalue weighted by Gasteiger charge is -2.27. The van der Waals surface area contributed by atoms with Gasteiger partial charge in [0.1, 0.15) is 5.82 Å². The Bertz CT molecular complexity index is 1320. The number of aryl methyl sites for hydroxylation is 1. The summed E-state index contributed by atoms with van der Waals surface area (Å²) in [5, 5.41) is 5.86. The summed E-state index contributed by atoms with van der Waals surface area (Å²) in [6, 6.07) is 11.5. The van der Waals surface area contributed by atoms with Gasteiger partial charge in [0, 0.05) is 36.4 Å². The van der Waals surface area contributed by atoms with Crippen molar-refractivity contribution in [1.82, 2.24) is 9.88 Å². The molecule has 0 bridgehead atoms. The molecule has 0 radical (unpaired) electrons. The number of benzene rings is 2. The van der Waals surface area contributed by atoms with Gasteiger partial charge in [0.15, 0.2) is 0 Å². The van der Waals surface area contributed by atoms with E-state index in [1.165, 1.54) is 0 Å². The number of carbonyl (C=O) groups is 1. The van der Waals surface area contributed by atoms with E-state index in [-0.39, 0.29) is 16.6 Å². The maximum absolute atomic E-state index is 13.1. The van der Waals surface area contributed by atoms with Gasteiger partial charge < -0.3 is 15.5 Å². The van der Waals surface area contributed by atoms with Gasteiger partial charge in [-0.15, -0.1) is 0 Å². The average molecular weight is 500 g/mol. The van der Waals surface area contributed by atoms with Gasteiger partial charge in [-0.3, -0.25) is 4.79 Å². The number of halogens is 4. The second-order valence-electron chi connectivity index (χ2n) is 7.96. The van der Waals surface area contributed by atoms with E-state index in [4.69, 9.17) is 11.6 Å². The highest BCUT2D eigenvalue weighted by Crippen LogP contribution is 2.33. The Hall–Kier alpha value is -3.85. The molecule has 1 aliphatic rings. The van der Waals surface area contributed by atoms with Gasteiger partial charge in [-0.1, -0.05) is 23.7 Å². The lowest BCUT2D eigenvalue weighted by atomic mass is 10.1. The van der Waals surface area contributed by atoms with E-state index in [2.05, 4.69) is 20.6 Å². The molecule has 3 aromatic rings. The lowest BCUT2D eigenvalue weighted by molar-refractivity contribution is -0.137. The Labute approximate surface area is 205 Å². The minimum Gasteiger partial charge on any atom is -0.355 e. The zero-order chi connectivity index (χ0) is 25.2. The highest BCUT2D eigenvalue weighted by atomic mass is 35.5. The standard InChI is InChI=1S/C25H21ClF3N5O/c1-15-5-7-17(32-24(35)19-12-16(25(27,28)29)6-8-20(19)26)13-21(15)33-23-18(4-3-10-31-23)22-9-11-30-14-34(22)2/h3-14,22H,1-2H3,(H,31,33)(H,32,35). The normalized spacial score (nSPS) is 15.3. The number of rotatable bonds is 5. The second kappa shape index (κ2) is 9.79. The Morgan fingerprint density at radius 1 is 1.14 bits per heavy atom. The number of aromatic nitrogens is 1. The van der Waals surface area contributed by atoms with Crippen LogP contribution in [-0.2, 0) is 6.18 Å². The number of hydrogen-bond acceptors (Lipinski definition) is 5. The topological polar surface area (TPSA) is 69.6 Å². The predicted octanol–water partition coefficient (Wildman–Crippen LogP) is 6.59. The van der Waals surface area contributed by atoms with Crippen LogP contribution in [-0.4, -0.2) is 29.2 Å². The molecule has 1 unspecified atom stereocenters. The summed E-state index contributed by atoms with van der Waals surface area (Å²) in [4.78, 5) is 23.3. The fraction of sp³-hybridized carbons (Fsp3) is 0.160. The van der Waals surface area contributed by atoms with E-state index in [9.17, 15) is 18.0 Å². The highest BCUT2D eigenvalue weighted by molar-refractivity contribution is 6.34. The molecule has 0 spiro atoms. The molecule has 0 saturated carbocycles. The number of aliphatic imine (C=N–C) groups is 1. The molecule has 10 heteroatoms. The van der Waals surface area contributed by atoms with Crippen LogP contribution in [0.4, 0.5) is 30.4 Å². The SMILES string of the molecule is Cc1ccc(NC(=O)c2cc(C(F)(F)F)ccc2Cl)cc1Nc1ncccc1C1C=CN=CN1C. The van der Waals surface area contributed by atoms with Crippen molar-refractivity contribution in [3.8, 4) is 0 Å². The molecule has 1 atom stereocenters. The minimum absolute atomic E-state index is 0.0741. The number of amides is 1. The molecule has 2 heterocycles. The van der Waals surface area contributed by atoms with E-state index in [1.807, 2.05) is 37.1 Å². The fourth-order valence-electron chi connectivity index (χ4n) is 3.60. The van der Waals surface area contributed by atoms with Crippen molar-refractivity contribution in [2.75, 3.05) is 17.7 Å². The van der Waals surface area contributed by atoms with Gasteiger partial charge in [-0.05, 0) is 55.0 Å². The van der Waals surface area contributed by atoms with Crippen LogP contribution >= 0.6 is 11.6 Å². The number of hydrogen-bond donors (Lipinski definition) is 2. The van der Waals surface area contributed by atoms with E-state index in [1.54, 1.807) is 36.9 Å². The third-order valence-corrected chi connectivity index (χ3v) is 5.82. The van der Waals surface area contributed by atoms with Crippen molar-refractivity contribution < 1.29 is 18.0 Å². The van der Waals surface area contributed by atoms with E-state index >= 15 is 0 Å². The first-order valence-corrected chi connectivity index (χ1v) is 10.9. The molecule has 35 heavy (non-hydrogen) atoms. The smallest absolute Gasteiger partial charge is 0.355 e. The van der Waals surface area contributed by atoms with Gasteiger partial charge in [0.2, 0.25) is 0 Å². The van der Waals surface area contributed by atoms with Gasteiger partial charge in [-0.25, -0.2) is 9.98 Å². The quantitative estimate of drug-likeness (QED) is 0.415. The number of pyridine rings is 1. The zero-order valence-corrected chi connectivity index (χ0v) is 19.5. The zero-order valence-electron chi connectivity index (χ0n) is 18.8. The summed E-state index contributed by atoms with van der Waals surface area (Å²) < 4.78 is 39.2. The van der Waals surface area contributed by atoms with Crippen molar-refractivity contribution in [3.05, 3.63) is 94.3 Å². The van der Waals surface area contributed by atoms with E-state index < -0.39 is 17.6 Å². The van der Waals surface area contributed by atoms with Gasteiger partial charge in [0.25, 0.3) is 5.91 Å². The molecule has 1 aliphatic heterocycles. The molecule has 1 aromatic heterocycles. The maximum atomic E-state index is 13.1. The van der Waals surface area contributed by atoms with Crippen molar-refractivity contribution in [1.29, 1.82) is 0 Å². The van der Waals surface area contributed by atoms with Crippen LogP contribution in [0.1, 0.15) is 33.1 Å². The van der Waals surface area contributed by atoms with Crippen LogP contribution in [0.25, 0.3) is 0 Å². The number of anilines is 3. The largest absolute Gasteiger partial charge is 0.416 e. The van der Waals surface area contributed by atoms with Gasteiger partial charge >= 0.3 is 6.18 Å². The van der Waals surface area contributed by atoms with Crippen molar-refractivity contribution >= 4 is 41.0 Å². The van der Waals surface area contributed by atoms with Crippen LogP contribution in [0.5, 0.6) is 0 Å². The minimum atomic E-state index is -4.59. The van der Waals surface area contributed by atoms with Gasteiger partial charge in [-0.2, -0.15) is 13.2 Å². The highest BCUT2D eigenvalue weighted by Gasteiger charge is 2.31. The second-order valence-corrected chi connectivity index (χ2v) is 8.37. The summed E-state index contributed by atoms with van der Waals surface area (Å²) >= 11 is 6.01. The number of carbonyl (C=O) groups excluding carboxylic acids is 1. The Morgan fingerprint density at radius 3 is 2.69 bits per heavy atom. The molecule has 0 aliphatic carbocycles. The van der Waals surface area contributed by atoms with Crippen LogP contribution < -0.4 is 10.6 Å². The third kappa shape index (κ3) is 5.46. The molecule has 4 rings (SSSR count). The van der Waals surface area contributed by atoms with Gasteiger partial charge in [0.05, 0.1) is 28.5 Å². The molecule has 1 amide bonds. The Morgan fingerprint density at radius 2 is 1.94 bits per heavy atom. The summed E-state index contributed by atoms with van der Waals surface area (Å²) in [5.41, 5.74) is 1.64. The molecule has 6 nitrogen and oxygen atoms in total. The van der Waals surface area contributed by atoms with E-state index in [0.717, 1.165) is 29.3 Å². The summed E-state index contributed by atoms with van der Waals surface area (Å²) in [7, 11) is 1.91. The van der Waals surface area contributed by atoms with Crippen LogP contribution in [0, 0.1) is 6.92 Å². The number of alkyl halides is 3. The summed E-state index contributed by atoms with van der Waals surface area (Å²) in [5.74, 6) is -0.125. The van der Waals surface area contributed by atoms with Crippen LogP contribution in [0.2, 0.25) is 5.02 Å². The summed E-state index contributed by atoms with van der Waals surface area (Å²) in [6.45, 7) is 1.89. The molecule has 180 valence electrons. The maximum Gasteiger partial charge on any atom is 0.416 e. The number of nitrogens with zero attached hydrogens (tertiary/aromatic N) is 3. The monoisotopic (exact) mass is 499 g/mol. The summed E-state index contributed by atoms with van der Waals surface area (Å²) in [6.07, 6.45) is 2.48. The first-order chi connectivity index (χ1) is 16.6. The predicted molar refractivity (Wildman–Crippen MR) is 131 cm³/mol. The van der Waals surface area contributed by atoms with E-state index in [0.29, 0.717) is 17.2 Å². The fourth-order valence-corrected chi connectivity index (χ4v) is 3.81. The van der Waals surface area contributed by atoms with Crippen molar-refractivity contribution in [3.63, 3.8) is 0 Å². The van der Waals surface area contributed by atoms with Crippen molar-refractivity contribution in [2.24, 2.45) is 4.99 Å². The van der Waals surface area contributed by atoms with Crippen molar-refractivity contribution in [2.45, 2.75) is 19.1 Å². The molecule has 2 aromatic carbocycles. The Kier molecular flexibility index (Phi) is 6.79. The Balaban J connectivity index is 1.59. The number of likely N-dealkylation sites (N-methyl/N-ethyl adjacent to an activating group) is 1. The average Bonchev–Trinajstić information content (AvgIpc) is 2.81. The van der Waals surface area contributed by atoms with Crippen LogP contribution in [0.15, 0.2) is 72.0 Å².